The van der Waals surface area contributed by atoms with Crippen molar-refractivity contribution in [3.63, 3.8) is 0 Å². The van der Waals surface area contributed by atoms with Crippen molar-refractivity contribution in [1.82, 2.24) is 0 Å². The van der Waals surface area contributed by atoms with E-state index >= 15 is 0 Å². The largest absolute Gasteiger partial charge is 0.463 e. The molecule has 1 heterocycles. The van der Waals surface area contributed by atoms with Gasteiger partial charge in [0.15, 0.2) is 0 Å². The highest BCUT2D eigenvalue weighted by Crippen LogP contribution is 2.36. The molecule has 3 aromatic rings. The van der Waals surface area contributed by atoms with Gasteiger partial charge in [0, 0.05) is 10.5 Å². The van der Waals surface area contributed by atoms with E-state index in [-0.39, 0.29) is 0 Å². The van der Waals surface area contributed by atoms with Gasteiger partial charge in [0.2, 0.25) is 0 Å². The first-order valence-electron chi connectivity index (χ1n) is 5.79. The lowest BCUT2D eigenvalue weighted by Gasteiger charge is -2.02. The molecule has 3 rings (SSSR count). The lowest BCUT2D eigenvalue weighted by Crippen LogP contribution is -1.76. The van der Waals surface area contributed by atoms with Crippen molar-refractivity contribution < 1.29 is 4.42 Å². The molecule has 0 saturated heterocycles. The predicted octanol–water partition coefficient (Wildman–Crippen LogP) is 5.10. The molecule has 1 nitrogen and oxygen atoms in total. The summed E-state index contributed by atoms with van der Waals surface area (Å²) in [5.74, 6) is 0.935. The summed E-state index contributed by atoms with van der Waals surface area (Å²) in [4.78, 5) is 2.36. The monoisotopic (exact) mass is 252 g/mol. The Hall–Kier alpha value is -1.93. The van der Waals surface area contributed by atoms with Crippen molar-refractivity contribution in [1.29, 1.82) is 0 Å². The van der Waals surface area contributed by atoms with E-state index in [1.54, 1.807) is 18.0 Å². The first-order chi connectivity index (χ1) is 8.93. The molecule has 0 aliphatic rings. The fourth-order valence-corrected chi connectivity index (χ4v) is 2.72. The van der Waals surface area contributed by atoms with Crippen molar-refractivity contribution >= 4 is 11.8 Å². The average molecular weight is 252 g/mol. The zero-order chi connectivity index (χ0) is 12.2. The summed E-state index contributed by atoms with van der Waals surface area (Å²) in [6.07, 6.45) is 1.74. The molecule has 18 heavy (non-hydrogen) atoms. The molecule has 0 aliphatic carbocycles. The second kappa shape index (κ2) is 5.15. The molecule has 0 unspecified atom stereocenters. The Bertz CT molecular complexity index is 614. The smallest absolute Gasteiger partial charge is 0.147 e. The summed E-state index contributed by atoms with van der Waals surface area (Å²) in [7, 11) is 0. The standard InChI is InChI=1S/C16H12OS/c1-3-7-13(8-4-1)16-15(11-12-17-16)18-14-9-5-2-6-10-14/h1-12H. The van der Waals surface area contributed by atoms with Crippen LogP contribution in [0.3, 0.4) is 0 Å². The minimum absolute atomic E-state index is 0.935. The second-order valence-corrected chi connectivity index (χ2v) is 5.01. The van der Waals surface area contributed by atoms with Crippen LogP contribution in [0.5, 0.6) is 0 Å². The molecule has 0 fully saturated rings. The third-order valence-electron chi connectivity index (χ3n) is 2.64. The number of furan rings is 1. The van der Waals surface area contributed by atoms with Crippen LogP contribution in [0.2, 0.25) is 0 Å². The first kappa shape index (κ1) is 11.2. The zero-order valence-electron chi connectivity index (χ0n) is 9.74. The van der Waals surface area contributed by atoms with Crippen LogP contribution >= 0.6 is 11.8 Å². The third kappa shape index (κ3) is 2.34. The number of hydrogen-bond acceptors (Lipinski definition) is 2. The lowest BCUT2D eigenvalue weighted by atomic mass is 10.2. The van der Waals surface area contributed by atoms with Crippen LogP contribution in [0, 0.1) is 0 Å². The Morgan fingerprint density at radius 3 is 2.11 bits per heavy atom. The maximum absolute atomic E-state index is 5.60. The average Bonchev–Trinajstić information content (AvgIpc) is 2.89. The van der Waals surface area contributed by atoms with Gasteiger partial charge in [0.25, 0.3) is 0 Å². The molecular weight excluding hydrogens is 240 g/mol. The van der Waals surface area contributed by atoms with Gasteiger partial charge in [-0.15, -0.1) is 0 Å². The Morgan fingerprint density at radius 2 is 1.39 bits per heavy atom. The third-order valence-corrected chi connectivity index (χ3v) is 3.69. The summed E-state index contributed by atoms with van der Waals surface area (Å²) in [6, 6.07) is 22.5. The molecule has 0 bridgehead atoms. The molecular formula is C16H12OS. The summed E-state index contributed by atoms with van der Waals surface area (Å²) in [6.45, 7) is 0. The predicted molar refractivity (Wildman–Crippen MR) is 74.7 cm³/mol. The van der Waals surface area contributed by atoms with Gasteiger partial charge in [0.05, 0.1) is 11.2 Å². The van der Waals surface area contributed by atoms with Gasteiger partial charge < -0.3 is 4.42 Å². The van der Waals surface area contributed by atoms with Crippen LogP contribution in [0.25, 0.3) is 11.3 Å². The SMILES string of the molecule is c1ccc(Sc2ccoc2-c2ccccc2)cc1. The minimum Gasteiger partial charge on any atom is -0.463 e. The maximum atomic E-state index is 5.60. The van der Waals surface area contributed by atoms with Crippen molar-refractivity contribution in [2.24, 2.45) is 0 Å². The van der Waals surface area contributed by atoms with Crippen LogP contribution in [0.1, 0.15) is 0 Å². The quantitative estimate of drug-likeness (QED) is 0.643. The Labute approximate surface area is 110 Å². The fourth-order valence-electron chi connectivity index (χ4n) is 1.79. The molecule has 2 heteroatoms. The molecule has 0 aliphatic heterocycles. The van der Waals surface area contributed by atoms with E-state index in [1.807, 2.05) is 42.5 Å². The molecule has 0 spiro atoms. The Morgan fingerprint density at radius 1 is 0.722 bits per heavy atom. The van der Waals surface area contributed by atoms with Gasteiger partial charge >= 0.3 is 0 Å². The van der Waals surface area contributed by atoms with E-state index < -0.39 is 0 Å². The number of rotatable bonds is 3. The summed E-state index contributed by atoms with van der Waals surface area (Å²) >= 11 is 1.72. The Balaban J connectivity index is 1.93. The molecule has 0 N–H and O–H groups in total. The molecule has 0 amide bonds. The van der Waals surface area contributed by atoms with Gasteiger partial charge in [-0.1, -0.05) is 60.3 Å². The van der Waals surface area contributed by atoms with Crippen molar-refractivity contribution in [3.8, 4) is 11.3 Å². The van der Waals surface area contributed by atoms with E-state index in [9.17, 15) is 0 Å². The van der Waals surface area contributed by atoms with Gasteiger partial charge in [-0.3, -0.25) is 0 Å². The maximum Gasteiger partial charge on any atom is 0.147 e. The normalized spacial score (nSPS) is 10.4. The van der Waals surface area contributed by atoms with Crippen LogP contribution in [0.15, 0.2) is 87.2 Å². The van der Waals surface area contributed by atoms with Gasteiger partial charge in [-0.05, 0) is 18.2 Å². The molecule has 88 valence electrons. The Kier molecular flexibility index (Phi) is 3.20. The van der Waals surface area contributed by atoms with Gasteiger partial charge in [-0.25, -0.2) is 0 Å². The first-order valence-corrected chi connectivity index (χ1v) is 6.61. The van der Waals surface area contributed by atoms with E-state index in [0.717, 1.165) is 16.2 Å². The molecule has 0 radical (unpaired) electrons. The van der Waals surface area contributed by atoms with Crippen molar-refractivity contribution in [2.75, 3.05) is 0 Å². The highest BCUT2D eigenvalue weighted by atomic mass is 32.2. The lowest BCUT2D eigenvalue weighted by molar-refractivity contribution is 0.578. The number of benzene rings is 2. The fraction of sp³-hybridized carbons (Fsp3) is 0. The van der Waals surface area contributed by atoms with Gasteiger partial charge in [-0.2, -0.15) is 0 Å². The van der Waals surface area contributed by atoms with E-state index in [4.69, 9.17) is 4.42 Å². The van der Waals surface area contributed by atoms with Crippen LogP contribution < -0.4 is 0 Å². The highest BCUT2D eigenvalue weighted by Gasteiger charge is 2.09. The minimum atomic E-state index is 0.935. The van der Waals surface area contributed by atoms with Crippen LogP contribution in [-0.4, -0.2) is 0 Å². The van der Waals surface area contributed by atoms with Crippen molar-refractivity contribution in [3.05, 3.63) is 73.0 Å². The summed E-state index contributed by atoms with van der Waals surface area (Å²) in [5, 5.41) is 0. The highest BCUT2D eigenvalue weighted by molar-refractivity contribution is 7.99. The van der Waals surface area contributed by atoms with Crippen LogP contribution in [0.4, 0.5) is 0 Å². The summed E-state index contributed by atoms with van der Waals surface area (Å²) < 4.78 is 5.60. The van der Waals surface area contributed by atoms with E-state index in [1.165, 1.54) is 4.90 Å². The van der Waals surface area contributed by atoms with E-state index in [0.29, 0.717) is 0 Å². The molecule has 1 aromatic heterocycles. The zero-order valence-corrected chi connectivity index (χ0v) is 10.6. The van der Waals surface area contributed by atoms with Gasteiger partial charge in [0.1, 0.15) is 5.76 Å². The number of hydrogen-bond donors (Lipinski definition) is 0. The molecule has 0 saturated carbocycles. The van der Waals surface area contributed by atoms with E-state index in [2.05, 4.69) is 24.3 Å². The van der Waals surface area contributed by atoms with Crippen LogP contribution in [-0.2, 0) is 0 Å². The molecule has 2 aromatic carbocycles. The summed E-state index contributed by atoms with van der Waals surface area (Å²) in [5.41, 5.74) is 1.11. The second-order valence-electron chi connectivity index (χ2n) is 3.90. The topological polar surface area (TPSA) is 13.1 Å². The molecule has 0 atom stereocenters. The van der Waals surface area contributed by atoms with Crippen molar-refractivity contribution in [2.45, 2.75) is 9.79 Å².